The van der Waals surface area contributed by atoms with Crippen LogP contribution in [0.1, 0.15) is 24.8 Å². The average molecular weight is 230 g/mol. The van der Waals surface area contributed by atoms with Crippen LogP contribution in [0.2, 0.25) is 0 Å². The second-order valence-electron chi connectivity index (χ2n) is 3.63. The van der Waals surface area contributed by atoms with E-state index in [2.05, 4.69) is 26.5 Å². The molecule has 1 aromatic heterocycles. The van der Waals surface area contributed by atoms with Crippen LogP contribution in [0.15, 0.2) is 6.20 Å². The maximum absolute atomic E-state index is 11.6. The molecule has 1 aromatic rings. The molecule has 2 N–H and O–H groups in total. The Morgan fingerprint density at radius 3 is 3.12 bits per heavy atom. The smallest absolute Gasteiger partial charge is 0.234 e. The molecule has 86 valence electrons. The Balaban J connectivity index is 2.31. The van der Waals surface area contributed by atoms with Gasteiger partial charge in [0.2, 0.25) is 17.8 Å². The summed E-state index contributed by atoms with van der Waals surface area (Å²) in [6.07, 6.45) is 7.01. The minimum Gasteiger partial charge on any atom is -0.310 e. The van der Waals surface area contributed by atoms with E-state index in [1.54, 1.807) is 0 Å². The summed E-state index contributed by atoms with van der Waals surface area (Å²) < 4.78 is 0. The van der Waals surface area contributed by atoms with E-state index in [9.17, 15) is 9.59 Å². The van der Waals surface area contributed by atoms with Gasteiger partial charge >= 0.3 is 0 Å². The van der Waals surface area contributed by atoms with Gasteiger partial charge in [0.15, 0.2) is 0 Å². The molecule has 0 bridgehead atoms. The van der Waals surface area contributed by atoms with Gasteiger partial charge in [0.25, 0.3) is 0 Å². The summed E-state index contributed by atoms with van der Waals surface area (Å²) in [5, 5.41) is 5.05. The molecule has 1 unspecified atom stereocenters. The van der Waals surface area contributed by atoms with Gasteiger partial charge in [-0.1, -0.05) is 0 Å². The Hall–Kier alpha value is -2.42. The molecule has 0 aromatic carbocycles. The van der Waals surface area contributed by atoms with Crippen LogP contribution in [0, 0.1) is 12.3 Å². The average Bonchev–Trinajstić information content (AvgIpc) is 2.54. The predicted molar refractivity (Wildman–Crippen MR) is 61.2 cm³/mol. The summed E-state index contributed by atoms with van der Waals surface area (Å²) in [7, 11) is 0. The third-order valence-corrected chi connectivity index (χ3v) is 2.36. The lowest BCUT2D eigenvalue weighted by Gasteiger charge is -2.04. The molecule has 2 amide bonds. The van der Waals surface area contributed by atoms with Crippen molar-refractivity contribution in [2.24, 2.45) is 0 Å². The van der Waals surface area contributed by atoms with E-state index in [0.717, 1.165) is 0 Å². The highest BCUT2D eigenvalue weighted by Crippen LogP contribution is 2.32. The zero-order valence-corrected chi connectivity index (χ0v) is 9.15. The van der Waals surface area contributed by atoms with Crippen LogP contribution >= 0.6 is 0 Å². The van der Waals surface area contributed by atoms with E-state index >= 15 is 0 Å². The van der Waals surface area contributed by atoms with Crippen LogP contribution in [0.25, 0.3) is 0 Å². The number of hydrogen-bond acceptors (Lipinski definition) is 4. The molecule has 1 atom stereocenters. The van der Waals surface area contributed by atoms with Gasteiger partial charge in [-0.25, -0.2) is 4.98 Å². The number of aromatic nitrogens is 2. The second-order valence-corrected chi connectivity index (χ2v) is 3.63. The van der Waals surface area contributed by atoms with E-state index in [1.807, 2.05) is 0 Å². The van der Waals surface area contributed by atoms with E-state index in [1.165, 1.54) is 13.1 Å². The number of carbonyl (C=O) groups is 2. The molecule has 0 radical (unpaired) electrons. The third kappa shape index (κ3) is 2.08. The van der Waals surface area contributed by atoms with Gasteiger partial charge in [-0.05, 0) is 0 Å². The molecule has 0 saturated carbocycles. The normalized spacial score (nSPS) is 16.9. The Morgan fingerprint density at radius 1 is 1.71 bits per heavy atom. The van der Waals surface area contributed by atoms with Crippen molar-refractivity contribution in [1.29, 1.82) is 0 Å². The van der Waals surface area contributed by atoms with Crippen LogP contribution in [0.3, 0.4) is 0 Å². The highest BCUT2D eigenvalue weighted by molar-refractivity contribution is 6.02. The Morgan fingerprint density at radius 2 is 2.47 bits per heavy atom. The number of nitrogens with one attached hydrogen (secondary N) is 2. The van der Waals surface area contributed by atoms with Crippen LogP contribution in [-0.4, -0.2) is 21.8 Å². The van der Waals surface area contributed by atoms with Gasteiger partial charge in [-0.3, -0.25) is 14.9 Å². The van der Waals surface area contributed by atoms with Crippen molar-refractivity contribution < 1.29 is 9.59 Å². The van der Waals surface area contributed by atoms with Crippen molar-refractivity contribution in [3.63, 3.8) is 0 Å². The first-order valence-corrected chi connectivity index (χ1v) is 5.00. The van der Waals surface area contributed by atoms with Gasteiger partial charge in [0.1, 0.15) is 5.82 Å². The standard InChI is InChI=1S/C11H10N4O2/c1-3-4-7-8-5-12-11(13-6(2)16)15-9(8)14-10(7)17/h1,5,7H,4H2,2H3,(H2,12,13,14,15,16,17). The fraction of sp³-hybridized carbons (Fsp3) is 0.273. The molecule has 2 rings (SSSR count). The Labute approximate surface area is 97.8 Å². The first-order valence-electron chi connectivity index (χ1n) is 5.00. The lowest BCUT2D eigenvalue weighted by atomic mass is 10.0. The predicted octanol–water partition coefficient (Wildman–Crippen LogP) is 0.494. The lowest BCUT2D eigenvalue weighted by Crippen LogP contribution is -2.11. The largest absolute Gasteiger partial charge is 0.310 e. The highest BCUT2D eigenvalue weighted by atomic mass is 16.2. The zero-order valence-electron chi connectivity index (χ0n) is 9.15. The SMILES string of the molecule is C#CCC1C(=O)Nc2nc(NC(C)=O)ncc21. The number of rotatable bonds is 2. The second kappa shape index (κ2) is 4.22. The molecule has 1 aliphatic rings. The molecular weight excluding hydrogens is 220 g/mol. The van der Waals surface area contributed by atoms with Gasteiger partial charge in [-0.15, -0.1) is 12.3 Å². The quantitative estimate of drug-likeness (QED) is 0.724. The van der Waals surface area contributed by atoms with Crippen molar-refractivity contribution in [3.05, 3.63) is 11.8 Å². The summed E-state index contributed by atoms with van der Waals surface area (Å²) in [6, 6.07) is 0. The molecule has 0 fully saturated rings. The van der Waals surface area contributed by atoms with E-state index < -0.39 is 5.92 Å². The fourth-order valence-corrected chi connectivity index (χ4v) is 1.63. The number of anilines is 2. The molecular formula is C11H10N4O2. The Kier molecular flexibility index (Phi) is 2.75. The maximum atomic E-state index is 11.6. The molecule has 1 aliphatic heterocycles. The van der Waals surface area contributed by atoms with E-state index in [0.29, 0.717) is 17.8 Å². The number of amides is 2. The van der Waals surface area contributed by atoms with E-state index in [4.69, 9.17) is 6.42 Å². The molecule has 0 aliphatic carbocycles. The van der Waals surface area contributed by atoms with Crippen molar-refractivity contribution in [2.75, 3.05) is 10.6 Å². The van der Waals surface area contributed by atoms with Crippen LogP contribution in [0.4, 0.5) is 11.8 Å². The summed E-state index contributed by atoms with van der Waals surface area (Å²) >= 11 is 0. The summed E-state index contributed by atoms with van der Waals surface area (Å²) in [4.78, 5) is 30.4. The number of fused-ring (bicyclic) bond motifs is 1. The van der Waals surface area contributed by atoms with Gasteiger partial charge in [-0.2, -0.15) is 4.98 Å². The first-order chi connectivity index (χ1) is 8.11. The summed E-state index contributed by atoms with van der Waals surface area (Å²) in [5.74, 6) is 2.16. The number of terminal acetylenes is 1. The molecule has 0 saturated heterocycles. The van der Waals surface area contributed by atoms with Crippen molar-refractivity contribution >= 4 is 23.6 Å². The number of hydrogen-bond donors (Lipinski definition) is 2. The van der Waals surface area contributed by atoms with Crippen LogP contribution in [-0.2, 0) is 9.59 Å². The van der Waals surface area contributed by atoms with Crippen molar-refractivity contribution in [3.8, 4) is 12.3 Å². The number of nitrogens with zero attached hydrogens (tertiary/aromatic N) is 2. The first kappa shape index (κ1) is 11.1. The monoisotopic (exact) mass is 230 g/mol. The van der Waals surface area contributed by atoms with E-state index in [-0.39, 0.29) is 17.8 Å². The van der Waals surface area contributed by atoms with Crippen LogP contribution in [0.5, 0.6) is 0 Å². The summed E-state index contributed by atoms with van der Waals surface area (Å²) in [5.41, 5.74) is 0.669. The van der Waals surface area contributed by atoms with Crippen molar-refractivity contribution in [2.45, 2.75) is 19.3 Å². The molecule has 6 heteroatoms. The highest BCUT2D eigenvalue weighted by Gasteiger charge is 2.31. The fourth-order valence-electron chi connectivity index (χ4n) is 1.63. The van der Waals surface area contributed by atoms with Gasteiger partial charge in [0.05, 0.1) is 5.92 Å². The van der Waals surface area contributed by atoms with Gasteiger partial charge in [0, 0.05) is 25.1 Å². The molecule has 0 spiro atoms. The molecule has 6 nitrogen and oxygen atoms in total. The molecule has 2 heterocycles. The minimum atomic E-state index is -0.402. The van der Waals surface area contributed by atoms with Crippen molar-refractivity contribution in [1.82, 2.24) is 9.97 Å². The Bertz CT molecular complexity index is 533. The lowest BCUT2D eigenvalue weighted by molar-refractivity contribution is -0.117. The topological polar surface area (TPSA) is 84.0 Å². The summed E-state index contributed by atoms with van der Waals surface area (Å²) in [6.45, 7) is 1.36. The zero-order chi connectivity index (χ0) is 12.4. The minimum absolute atomic E-state index is 0.165. The third-order valence-electron chi connectivity index (χ3n) is 2.36. The maximum Gasteiger partial charge on any atom is 0.234 e. The number of carbonyl (C=O) groups excluding carboxylic acids is 2. The van der Waals surface area contributed by atoms with Gasteiger partial charge < -0.3 is 5.32 Å². The van der Waals surface area contributed by atoms with Crippen LogP contribution < -0.4 is 10.6 Å². The molecule has 17 heavy (non-hydrogen) atoms.